The minimum atomic E-state index is -0.492. The Morgan fingerprint density at radius 3 is 2.47 bits per heavy atom. The van der Waals surface area contributed by atoms with Crippen molar-refractivity contribution in [1.29, 1.82) is 0 Å². The van der Waals surface area contributed by atoms with Crippen molar-refractivity contribution < 1.29 is 19.1 Å². The van der Waals surface area contributed by atoms with Crippen LogP contribution in [0.1, 0.15) is 22.8 Å². The van der Waals surface area contributed by atoms with Gasteiger partial charge >= 0.3 is 11.9 Å². The second-order valence-electron chi connectivity index (χ2n) is 2.95. The van der Waals surface area contributed by atoms with Crippen molar-refractivity contribution in [1.82, 2.24) is 0 Å². The van der Waals surface area contributed by atoms with Crippen LogP contribution in [0.15, 0.2) is 18.2 Å². The van der Waals surface area contributed by atoms with Gasteiger partial charge in [-0.3, -0.25) is 4.79 Å². The number of rotatable bonds is 2. The monoisotopic (exact) mass is 207 g/mol. The van der Waals surface area contributed by atoms with Crippen molar-refractivity contribution in [2.45, 2.75) is 6.92 Å². The molecule has 0 atom stereocenters. The Morgan fingerprint density at radius 1 is 1.27 bits per heavy atom. The first-order valence-corrected chi connectivity index (χ1v) is 4.26. The van der Waals surface area contributed by atoms with Gasteiger partial charge in [-0.25, -0.2) is 4.79 Å². The number of hydrogen-bond acceptors (Lipinski definition) is 4. The fourth-order valence-corrected chi connectivity index (χ4v) is 1.12. The molecule has 1 radical (unpaired) electrons. The predicted octanol–water partition coefficient (Wildman–Crippen LogP) is 1.58. The second-order valence-corrected chi connectivity index (χ2v) is 2.95. The Kier molecular flexibility index (Phi) is 3.44. The molecule has 0 aliphatic carbocycles. The maximum Gasteiger partial charge on any atom is 0.337 e. The lowest BCUT2D eigenvalue weighted by molar-refractivity contribution is -0.131. The average Bonchev–Trinajstić information content (AvgIpc) is 2.14. The van der Waals surface area contributed by atoms with Gasteiger partial charge in [-0.05, 0) is 30.7 Å². The van der Waals surface area contributed by atoms with E-state index in [1.165, 1.54) is 20.1 Å². The normalized spacial score (nSPS) is 9.53. The van der Waals surface area contributed by atoms with Crippen LogP contribution in [0.2, 0.25) is 0 Å². The van der Waals surface area contributed by atoms with E-state index in [9.17, 15) is 9.59 Å². The fourth-order valence-electron chi connectivity index (χ4n) is 1.12. The average molecular weight is 207 g/mol. The third-order valence-corrected chi connectivity index (χ3v) is 1.65. The van der Waals surface area contributed by atoms with Gasteiger partial charge in [-0.15, -0.1) is 0 Å². The molecule has 4 heteroatoms. The SMILES string of the molecule is [CH2]c1cc(OC(C)=O)cc(C(=O)OC)c1. The first-order chi connectivity index (χ1) is 7.02. The first-order valence-electron chi connectivity index (χ1n) is 4.26. The number of carbonyl (C=O) groups excluding carboxylic acids is 2. The topological polar surface area (TPSA) is 52.6 Å². The van der Waals surface area contributed by atoms with E-state index >= 15 is 0 Å². The van der Waals surface area contributed by atoms with Crippen LogP contribution < -0.4 is 4.74 Å². The Bertz CT molecular complexity index is 396. The van der Waals surface area contributed by atoms with E-state index in [0.717, 1.165) is 0 Å². The summed E-state index contributed by atoms with van der Waals surface area (Å²) < 4.78 is 9.39. The van der Waals surface area contributed by atoms with Gasteiger partial charge in [0.25, 0.3) is 0 Å². The highest BCUT2D eigenvalue weighted by Crippen LogP contribution is 2.17. The summed E-state index contributed by atoms with van der Waals surface area (Å²) in [5, 5.41) is 0. The molecule has 79 valence electrons. The molecule has 0 aliphatic heterocycles. The molecule has 0 bridgehead atoms. The van der Waals surface area contributed by atoms with E-state index in [4.69, 9.17) is 4.74 Å². The van der Waals surface area contributed by atoms with Crippen LogP contribution in [0.3, 0.4) is 0 Å². The molecule has 0 unspecified atom stereocenters. The summed E-state index contributed by atoms with van der Waals surface area (Å²) in [5.41, 5.74) is 0.885. The molecule has 0 fully saturated rings. The van der Waals surface area contributed by atoms with Crippen molar-refractivity contribution in [3.05, 3.63) is 36.2 Å². The Labute approximate surface area is 87.8 Å². The van der Waals surface area contributed by atoms with Crippen LogP contribution in [-0.4, -0.2) is 19.0 Å². The zero-order valence-electron chi connectivity index (χ0n) is 8.57. The smallest absolute Gasteiger partial charge is 0.337 e. The Balaban J connectivity index is 3.04. The summed E-state index contributed by atoms with van der Waals surface area (Å²) >= 11 is 0. The van der Waals surface area contributed by atoms with Crippen LogP contribution >= 0.6 is 0 Å². The molecule has 1 aromatic carbocycles. The van der Waals surface area contributed by atoms with Crippen LogP contribution in [-0.2, 0) is 9.53 Å². The van der Waals surface area contributed by atoms with Crippen LogP contribution in [0.5, 0.6) is 5.75 Å². The second kappa shape index (κ2) is 4.59. The van der Waals surface area contributed by atoms with Gasteiger partial charge in [0, 0.05) is 6.92 Å². The number of methoxy groups -OCH3 is 1. The van der Waals surface area contributed by atoms with E-state index in [0.29, 0.717) is 11.1 Å². The quantitative estimate of drug-likeness (QED) is 0.545. The van der Waals surface area contributed by atoms with Crippen LogP contribution in [0.25, 0.3) is 0 Å². The molecule has 1 aromatic rings. The van der Waals surface area contributed by atoms with Crippen LogP contribution in [0, 0.1) is 6.92 Å². The molecule has 0 spiro atoms. The molecule has 0 amide bonds. The highest BCUT2D eigenvalue weighted by atomic mass is 16.5. The molecule has 0 N–H and O–H groups in total. The number of esters is 2. The molecule has 0 heterocycles. The molecule has 4 nitrogen and oxygen atoms in total. The maximum atomic E-state index is 11.2. The van der Waals surface area contributed by atoms with E-state index in [2.05, 4.69) is 11.7 Å². The van der Waals surface area contributed by atoms with E-state index < -0.39 is 11.9 Å². The fraction of sp³-hybridized carbons (Fsp3) is 0.182. The van der Waals surface area contributed by atoms with Gasteiger partial charge in [-0.1, -0.05) is 0 Å². The summed E-state index contributed by atoms with van der Waals surface area (Å²) in [5.74, 6) is -0.652. The summed E-state index contributed by atoms with van der Waals surface area (Å²) in [6, 6.07) is 4.55. The molecular formula is C11H11O4. The van der Waals surface area contributed by atoms with Crippen molar-refractivity contribution in [2.75, 3.05) is 7.11 Å². The van der Waals surface area contributed by atoms with E-state index in [1.807, 2.05) is 0 Å². The lowest BCUT2D eigenvalue weighted by Gasteiger charge is -2.05. The number of ether oxygens (including phenoxy) is 2. The molecular weight excluding hydrogens is 196 g/mol. The maximum absolute atomic E-state index is 11.2. The van der Waals surface area contributed by atoms with Gasteiger partial charge in [0.2, 0.25) is 0 Å². The van der Waals surface area contributed by atoms with E-state index in [1.54, 1.807) is 12.1 Å². The highest BCUT2D eigenvalue weighted by molar-refractivity contribution is 5.90. The molecule has 15 heavy (non-hydrogen) atoms. The first kappa shape index (κ1) is 11.2. The summed E-state index contributed by atoms with van der Waals surface area (Å²) in [7, 11) is 1.28. The highest BCUT2D eigenvalue weighted by Gasteiger charge is 2.08. The van der Waals surface area contributed by atoms with Gasteiger partial charge < -0.3 is 9.47 Å². The van der Waals surface area contributed by atoms with Gasteiger partial charge in [0.1, 0.15) is 5.75 Å². The largest absolute Gasteiger partial charge is 0.465 e. The van der Waals surface area contributed by atoms with Crippen molar-refractivity contribution in [2.24, 2.45) is 0 Å². The zero-order chi connectivity index (χ0) is 11.4. The van der Waals surface area contributed by atoms with Crippen molar-refractivity contribution >= 4 is 11.9 Å². The summed E-state index contributed by atoms with van der Waals surface area (Å²) in [4.78, 5) is 21.9. The minimum Gasteiger partial charge on any atom is -0.465 e. The lowest BCUT2D eigenvalue weighted by Crippen LogP contribution is -2.05. The minimum absolute atomic E-state index is 0.287. The summed E-state index contributed by atoms with van der Waals surface area (Å²) in [6.07, 6.45) is 0. The Hall–Kier alpha value is -1.84. The van der Waals surface area contributed by atoms with Crippen molar-refractivity contribution in [3.63, 3.8) is 0 Å². The van der Waals surface area contributed by atoms with E-state index in [-0.39, 0.29) is 5.75 Å². The van der Waals surface area contributed by atoms with Crippen LogP contribution in [0.4, 0.5) is 0 Å². The molecule has 0 aliphatic rings. The summed E-state index contributed by atoms with van der Waals surface area (Å²) in [6.45, 7) is 4.95. The standard InChI is InChI=1S/C11H11O4/c1-7-4-9(11(13)14-3)6-10(5-7)15-8(2)12/h4-6H,1H2,2-3H3. The number of benzene rings is 1. The zero-order valence-corrected chi connectivity index (χ0v) is 8.57. The molecule has 1 rings (SSSR count). The van der Waals surface area contributed by atoms with Crippen molar-refractivity contribution in [3.8, 4) is 5.75 Å². The van der Waals surface area contributed by atoms with Gasteiger partial charge in [0.05, 0.1) is 12.7 Å². The molecule has 0 saturated heterocycles. The number of carbonyl (C=O) groups is 2. The predicted molar refractivity (Wildman–Crippen MR) is 53.5 cm³/mol. The number of hydrogen-bond donors (Lipinski definition) is 0. The molecule has 0 aromatic heterocycles. The van der Waals surface area contributed by atoms with Gasteiger partial charge in [-0.2, -0.15) is 0 Å². The third-order valence-electron chi connectivity index (χ3n) is 1.65. The molecule has 0 saturated carbocycles. The van der Waals surface area contributed by atoms with Gasteiger partial charge in [0.15, 0.2) is 0 Å². The third kappa shape index (κ3) is 3.09. The Morgan fingerprint density at radius 2 is 1.93 bits per heavy atom. The lowest BCUT2D eigenvalue weighted by atomic mass is 10.1.